The van der Waals surface area contributed by atoms with Gasteiger partial charge in [0.05, 0.1) is 22.7 Å². The third-order valence-corrected chi connectivity index (χ3v) is 11.5. The van der Waals surface area contributed by atoms with Crippen molar-refractivity contribution >= 4 is 20.9 Å². The van der Waals surface area contributed by atoms with E-state index in [0.717, 1.165) is 41.3 Å². The summed E-state index contributed by atoms with van der Waals surface area (Å²) < 4.78 is 141. The van der Waals surface area contributed by atoms with Crippen molar-refractivity contribution in [3.63, 3.8) is 0 Å². The minimum atomic E-state index is -4.96. The zero-order valence-corrected chi connectivity index (χ0v) is 33.9. The molecule has 0 aliphatic carbocycles. The summed E-state index contributed by atoms with van der Waals surface area (Å²) in [6.07, 6.45) is -6.98. The van der Waals surface area contributed by atoms with Crippen LogP contribution in [0.5, 0.6) is 11.5 Å². The van der Waals surface area contributed by atoms with Crippen LogP contribution in [0.15, 0.2) is 91.0 Å². The SMILES string of the molecule is CC(C)(C)S(=O)(=O)Cc1ccc(CCc2ccc(F)c(OC(F)(F)F)c2)cc1.CC(C)(C)S(=O)[O-].CCOc1cc(CCc2ccccc2)ccc1C(F)(F)F. The number of aryl methyl sites for hydroxylation is 4. The summed E-state index contributed by atoms with van der Waals surface area (Å²) in [5.41, 5.74) is 3.35. The first-order valence-electron chi connectivity index (χ1n) is 17.5. The van der Waals surface area contributed by atoms with Crippen molar-refractivity contribution in [1.82, 2.24) is 0 Å². The molecule has 0 bridgehead atoms. The Bertz CT molecular complexity index is 1950. The maximum absolute atomic E-state index is 13.5. The van der Waals surface area contributed by atoms with E-state index in [1.165, 1.54) is 18.2 Å². The number of ether oxygens (including phenoxy) is 2. The van der Waals surface area contributed by atoms with Crippen molar-refractivity contribution in [3.8, 4) is 11.5 Å². The van der Waals surface area contributed by atoms with E-state index in [1.807, 2.05) is 30.3 Å². The van der Waals surface area contributed by atoms with Crippen molar-refractivity contribution in [2.45, 2.75) is 102 Å². The average Bonchev–Trinajstić information content (AvgIpc) is 3.07. The van der Waals surface area contributed by atoms with Crippen molar-refractivity contribution in [3.05, 3.63) is 130 Å². The summed E-state index contributed by atoms with van der Waals surface area (Å²) in [4.78, 5) is 0. The fraction of sp³-hybridized carbons (Fsp3) is 0.415. The minimum absolute atomic E-state index is 0.0626. The fourth-order valence-electron chi connectivity index (χ4n) is 4.60. The van der Waals surface area contributed by atoms with Gasteiger partial charge in [-0.2, -0.15) is 13.2 Å². The van der Waals surface area contributed by atoms with E-state index in [9.17, 15) is 47.9 Å². The first-order chi connectivity index (χ1) is 25.7. The molecule has 0 amide bonds. The minimum Gasteiger partial charge on any atom is -0.772 e. The molecular formula is C41H48F7O6S2-. The average molecular weight is 834 g/mol. The van der Waals surface area contributed by atoms with Crippen LogP contribution in [-0.2, 0) is 58.5 Å². The summed E-state index contributed by atoms with van der Waals surface area (Å²) >= 11 is -1.93. The highest BCUT2D eigenvalue weighted by Gasteiger charge is 2.34. The van der Waals surface area contributed by atoms with E-state index in [4.69, 9.17) is 4.74 Å². The lowest BCUT2D eigenvalue weighted by molar-refractivity contribution is -0.275. The highest BCUT2D eigenvalue weighted by Crippen LogP contribution is 2.37. The van der Waals surface area contributed by atoms with Crippen LogP contribution in [0.2, 0.25) is 0 Å². The predicted molar refractivity (Wildman–Crippen MR) is 204 cm³/mol. The Morgan fingerprint density at radius 1 is 0.643 bits per heavy atom. The number of rotatable bonds is 11. The fourth-order valence-corrected chi connectivity index (χ4v) is 5.66. The lowest BCUT2D eigenvalue weighted by Crippen LogP contribution is -2.29. The van der Waals surface area contributed by atoms with E-state index in [0.29, 0.717) is 30.4 Å². The van der Waals surface area contributed by atoms with Gasteiger partial charge in [0.15, 0.2) is 21.4 Å². The van der Waals surface area contributed by atoms with Gasteiger partial charge in [-0.05, 0) is 137 Å². The zero-order chi connectivity index (χ0) is 42.5. The van der Waals surface area contributed by atoms with Gasteiger partial charge in [0.2, 0.25) is 0 Å². The smallest absolute Gasteiger partial charge is 0.573 e. The van der Waals surface area contributed by atoms with Crippen LogP contribution in [0.25, 0.3) is 0 Å². The standard InChI is InChI=1S/C20H22F4O3S.C17H17F3O.C4H10O2S/c1-19(2,3)28(25,26)13-16-8-5-14(6-9-16)4-7-15-10-11-17(21)18(12-15)27-20(22,23)24;1-2-21-16-12-14(10-11-15(16)17(18,19)20)9-8-13-6-4-3-5-7-13;1-4(2,3)7(5)6/h5-6,8-12H,4,7,13H2,1-3H3;3-7,10-12H,2,8-9H2,1H3;1-3H3,(H,5,6)/p-1. The summed E-state index contributed by atoms with van der Waals surface area (Å²) in [5, 5.41) is 0. The number of benzene rings is 4. The van der Waals surface area contributed by atoms with Crippen LogP contribution in [0.4, 0.5) is 30.7 Å². The van der Waals surface area contributed by atoms with Gasteiger partial charge >= 0.3 is 12.5 Å². The van der Waals surface area contributed by atoms with Gasteiger partial charge in [-0.15, -0.1) is 13.2 Å². The molecule has 0 aliphatic rings. The van der Waals surface area contributed by atoms with Crippen LogP contribution in [0.1, 0.15) is 81.8 Å². The van der Waals surface area contributed by atoms with E-state index in [1.54, 1.807) is 72.7 Å². The maximum atomic E-state index is 13.5. The first-order valence-corrected chi connectivity index (χ1v) is 20.2. The van der Waals surface area contributed by atoms with E-state index >= 15 is 0 Å². The van der Waals surface area contributed by atoms with Gasteiger partial charge in [0.25, 0.3) is 0 Å². The predicted octanol–water partition coefficient (Wildman–Crippen LogP) is 10.8. The highest BCUT2D eigenvalue weighted by molar-refractivity contribution is 7.91. The van der Waals surface area contributed by atoms with E-state index in [2.05, 4.69) is 4.74 Å². The molecule has 4 rings (SSSR count). The Morgan fingerprint density at radius 3 is 1.52 bits per heavy atom. The number of hydrogen-bond donors (Lipinski definition) is 0. The molecule has 0 aliphatic heterocycles. The molecule has 56 heavy (non-hydrogen) atoms. The third-order valence-electron chi connectivity index (χ3n) is 7.93. The van der Waals surface area contributed by atoms with Crippen LogP contribution in [0, 0.1) is 5.82 Å². The van der Waals surface area contributed by atoms with Gasteiger partial charge in [0.1, 0.15) is 5.75 Å². The maximum Gasteiger partial charge on any atom is 0.573 e. The molecule has 0 saturated carbocycles. The second-order valence-corrected chi connectivity index (χ2v) is 19.0. The number of halogens is 7. The van der Waals surface area contributed by atoms with Crippen molar-refractivity contribution in [2.24, 2.45) is 0 Å². The lowest BCUT2D eigenvalue weighted by Gasteiger charge is -2.20. The molecule has 15 heteroatoms. The highest BCUT2D eigenvalue weighted by atomic mass is 32.2. The molecule has 0 saturated heterocycles. The third kappa shape index (κ3) is 17.0. The molecule has 6 nitrogen and oxygen atoms in total. The van der Waals surface area contributed by atoms with Crippen molar-refractivity contribution in [1.29, 1.82) is 0 Å². The molecule has 4 aromatic rings. The normalized spacial score (nSPS) is 12.8. The summed E-state index contributed by atoms with van der Waals surface area (Å²) in [6.45, 7) is 11.8. The van der Waals surface area contributed by atoms with Crippen molar-refractivity contribution in [2.75, 3.05) is 6.61 Å². The Balaban J connectivity index is 0.000000339. The monoisotopic (exact) mass is 833 g/mol. The molecule has 0 N–H and O–H groups in total. The lowest BCUT2D eigenvalue weighted by atomic mass is 10.0. The summed E-state index contributed by atoms with van der Waals surface area (Å²) in [6, 6.07) is 24.4. The molecule has 0 radical (unpaired) electrons. The molecule has 4 aromatic carbocycles. The van der Waals surface area contributed by atoms with Crippen LogP contribution in [0.3, 0.4) is 0 Å². The van der Waals surface area contributed by atoms with Crippen molar-refractivity contribution < 1.29 is 57.4 Å². The second kappa shape index (κ2) is 20.5. The number of sulfone groups is 1. The van der Waals surface area contributed by atoms with Gasteiger partial charge in [-0.3, -0.25) is 4.21 Å². The van der Waals surface area contributed by atoms with Crippen LogP contribution >= 0.6 is 0 Å². The quantitative estimate of drug-likeness (QED) is 0.110. The Hall–Kier alpha value is -3.95. The van der Waals surface area contributed by atoms with Crippen LogP contribution < -0.4 is 9.47 Å². The van der Waals surface area contributed by atoms with Gasteiger partial charge in [0, 0.05) is 4.75 Å². The Morgan fingerprint density at radius 2 is 1.07 bits per heavy atom. The molecule has 0 fully saturated rings. The molecular weight excluding hydrogens is 786 g/mol. The molecule has 1 atom stereocenters. The topological polar surface area (TPSA) is 92.7 Å². The molecule has 0 spiro atoms. The molecule has 0 heterocycles. The molecule has 0 aromatic heterocycles. The first kappa shape index (κ1) is 48.2. The Labute approximate surface area is 327 Å². The number of alkyl halides is 6. The number of hydrogen-bond acceptors (Lipinski definition) is 6. The van der Waals surface area contributed by atoms with Crippen LogP contribution in [-0.4, -0.2) is 39.6 Å². The van der Waals surface area contributed by atoms with Gasteiger partial charge < -0.3 is 14.0 Å². The van der Waals surface area contributed by atoms with E-state index in [-0.39, 0.29) is 18.1 Å². The largest absolute Gasteiger partial charge is 0.772 e. The van der Waals surface area contributed by atoms with Gasteiger partial charge in [-0.1, -0.05) is 66.7 Å². The Kier molecular flexibility index (Phi) is 17.6. The summed E-state index contributed by atoms with van der Waals surface area (Å²) in [5.74, 6) is -2.08. The van der Waals surface area contributed by atoms with E-state index < -0.39 is 60.1 Å². The molecule has 1 unspecified atom stereocenters. The molecule has 310 valence electrons. The second-order valence-electron chi connectivity index (χ2n) is 14.6. The summed E-state index contributed by atoms with van der Waals surface area (Å²) in [7, 11) is -3.28. The zero-order valence-electron chi connectivity index (χ0n) is 32.3. The van der Waals surface area contributed by atoms with Gasteiger partial charge in [-0.25, -0.2) is 12.8 Å².